The molecule has 1 aromatic heterocycles. The van der Waals surface area contributed by atoms with Crippen molar-refractivity contribution in [2.75, 3.05) is 0 Å². The van der Waals surface area contributed by atoms with Gasteiger partial charge in [0.05, 0.1) is 5.56 Å². The fraction of sp³-hybridized carbons (Fsp3) is 0.105. The lowest BCUT2D eigenvalue weighted by molar-refractivity contribution is 0.0733. The van der Waals surface area contributed by atoms with E-state index in [1.54, 1.807) is 37.3 Å². The lowest BCUT2D eigenvalue weighted by Crippen LogP contribution is -2.12. The molecule has 0 N–H and O–H groups in total. The summed E-state index contributed by atoms with van der Waals surface area (Å²) in [5.74, 6) is -0.923. The number of hydrogen-bond acceptors (Lipinski definition) is 5. The number of benzene rings is 2. The van der Waals surface area contributed by atoms with Crippen molar-refractivity contribution in [3.63, 3.8) is 0 Å². The van der Waals surface area contributed by atoms with Crippen molar-refractivity contribution in [2.24, 2.45) is 0 Å². The zero-order chi connectivity index (χ0) is 18.1. The van der Waals surface area contributed by atoms with Gasteiger partial charge in [0, 0.05) is 15.9 Å². The van der Waals surface area contributed by atoms with E-state index in [1.807, 2.05) is 0 Å². The van der Waals surface area contributed by atoms with E-state index >= 15 is 0 Å². The highest BCUT2D eigenvalue weighted by Crippen LogP contribution is 2.30. The molecule has 3 aromatic rings. The van der Waals surface area contributed by atoms with Crippen LogP contribution < -0.4 is 10.4 Å². The largest absolute Gasteiger partial charge is 0.422 e. The van der Waals surface area contributed by atoms with Crippen LogP contribution in [0.3, 0.4) is 0 Å². The Morgan fingerprint density at radius 2 is 1.88 bits per heavy atom. The van der Waals surface area contributed by atoms with E-state index < -0.39 is 11.6 Å². The molecule has 0 amide bonds. The summed E-state index contributed by atoms with van der Waals surface area (Å²) < 4.78 is 11.3. The molecule has 2 aromatic carbocycles. The Morgan fingerprint density at radius 3 is 2.56 bits per heavy atom. The summed E-state index contributed by atoms with van der Waals surface area (Å²) in [6.07, 6.45) is 0. The molecule has 0 bridgehead atoms. The molecule has 0 atom stereocenters. The average molecular weight is 401 g/mol. The second-order valence-corrected chi connectivity index (χ2v) is 6.44. The summed E-state index contributed by atoms with van der Waals surface area (Å²) >= 11 is 3.29. The van der Waals surface area contributed by atoms with E-state index in [2.05, 4.69) is 15.9 Å². The van der Waals surface area contributed by atoms with Crippen LogP contribution >= 0.6 is 15.9 Å². The minimum Gasteiger partial charge on any atom is -0.422 e. The molecular weight excluding hydrogens is 388 g/mol. The van der Waals surface area contributed by atoms with Gasteiger partial charge in [0.1, 0.15) is 11.3 Å². The lowest BCUT2D eigenvalue weighted by atomic mass is 10.0. The first kappa shape index (κ1) is 17.1. The van der Waals surface area contributed by atoms with Gasteiger partial charge in [-0.15, -0.1) is 0 Å². The molecule has 0 aliphatic heterocycles. The Hall–Kier alpha value is -2.73. The maximum Gasteiger partial charge on any atom is 0.343 e. The van der Waals surface area contributed by atoms with Gasteiger partial charge in [-0.05, 0) is 49.7 Å². The minimum absolute atomic E-state index is 0.0544. The summed E-state index contributed by atoms with van der Waals surface area (Å²) in [4.78, 5) is 36.2. The molecule has 0 radical (unpaired) electrons. The molecule has 126 valence electrons. The van der Waals surface area contributed by atoms with E-state index in [1.165, 1.54) is 19.1 Å². The van der Waals surface area contributed by atoms with Gasteiger partial charge < -0.3 is 9.15 Å². The Bertz CT molecular complexity index is 1070. The van der Waals surface area contributed by atoms with Gasteiger partial charge in [0.15, 0.2) is 11.4 Å². The first-order valence-electron chi connectivity index (χ1n) is 7.43. The number of carbonyl (C=O) groups is 2. The highest BCUT2D eigenvalue weighted by Gasteiger charge is 2.20. The first-order valence-corrected chi connectivity index (χ1v) is 8.22. The van der Waals surface area contributed by atoms with Crippen LogP contribution in [-0.4, -0.2) is 11.8 Å². The Morgan fingerprint density at radius 1 is 1.12 bits per heavy atom. The molecule has 3 rings (SSSR count). The highest BCUT2D eigenvalue weighted by molar-refractivity contribution is 9.10. The molecule has 0 spiro atoms. The van der Waals surface area contributed by atoms with Gasteiger partial charge in [-0.2, -0.15) is 0 Å². The van der Waals surface area contributed by atoms with Crippen molar-refractivity contribution < 1.29 is 18.7 Å². The second kappa shape index (κ2) is 6.64. The van der Waals surface area contributed by atoms with Crippen LogP contribution in [0.5, 0.6) is 5.75 Å². The maximum atomic E-state index is 12.4. The van der Waals surface area contributed by atoms with Crippen molar-refractivity contribution in [1.29, 1.82) is 0 Å². The molecule has 0 fully saturated rings. The van der Waals surface area contributed by atoms with Crippen LogP contribution in [0.2, 0.25) is 0 Å². The van der Waals surface area contributed by atoms with Crippen LogP contribution in [0.1, 0.15) is 33.2 Å². The van der Waals surface area contributed by atoms with Gasteiger partial charge in [0.25, 0.3) is 0 Å². The van der Waals surface area contributed by atoms with Crippen molar-refractivity contribution in [2.45, 2.75) is 13.8 Å². The molecule has 0 aliphatic rings. The predicted molar refractivity (Wildman–Crippen MR) is 96.3 cm³/mol. The number of Topliss-reactive ketones (excluding diaryl/α,β-unsaturated/α-hetero) is 1. The molecule has 0 saturated carbocycles. The van der Waals surface area contributed by atoms with Crippen molar-refractivity contribution >= 4 is 38.7 Å². The smallest absolute Gasteiger partial charge is 0.343 e. The number of ether oxygens (including phenoxy) is 1. The summed E-state index contributed by atoms with van der Waals surface area (Å²) in [5.41, 5.74) is 0.634. The lowest BCUT2D eigenvalue weighted by Gasteiger charge is -2.11. The quantitative estimate of drug-likeness (QED) is 0.283. The van der Waals surface area contributed by atoms with Gasteiger partial charge in [0.2, 0.25) is 0 Å². The van der Waals surface area contributed by atoms with Crippen LogP contribution in [0, 0.1) is 6.92 Å². The number of fused-ring (bicyclic) bond motifs is 1. The SMILES string of the molecule is CC(=O)c1c(OC(=O)c2cccc(Br)c2)ccc2c(C)cc(=O)oc12. The normalized spacial score (nSPS) is 10.7. The highest BCUT2D eigenvalue weighted by atomic mass is 79.9. The Labute approximate surface area is 151 Å². The van der Waals surface area contributed by atoms with Gasteiger partial charge in [-0.3, -0.25) is 4.79 Å². The van der Waals surface area contributed by atoms with E-state index in [0.717, 1.165) is 4.47 Å². The van der Waals surface area contributed by atoms with E-state index in [-0.39, 0.29) is 22.7 Å². The summed E-state index contributed by atoms with van der Waals surface area (Å²) in [7, 11) is 0. The molecule has 1 heterocycles. The van der Waals surface area contributed by atoms with Crippen LogP contribution in [-0.2, 0) is 0 Å². The van der Waals surface area contributed by atoms with E-state index in [0.29, 0.717) is 16.5 Å². The zero-order valence-corrected chi connectivity index (χ0v) is 15.0. The molecule has 6 heteroatoms. The number of halogens is 1. The Kier molecular flexibility index (Phi) is 4.55. The van der Waals surface area contributed by atoms with Crippen molar-refractivity contribution in [1.82, 2.24) is 0 Å². The molecule has 5 nitrogen and oxygen atoms in total. The summed E-state index contributed by atoms with van der Waals surface area (Å²) in [6, 6.07) is 11.2. The molecule has 0 unspecified atom stereocenters. The Balaban J connectivity index is 2.13. The fourth-order valence-corrected chi connectivity index (χ4v) is 2.96. The molecular formula is C19H13BrO5. The number of ketones is 1. The monoisotopic (exact) mass is 400 g/mol. The van der Waals surface area contributed by atoms with Crippen molar-refractivity contribution in [3.05, 3.63) is 74.0 Å². The van der Waals surface area contributed by atoms with Gasteiger partial charge in [-0.1, -0.05) is 22.0 Å². The standard InChI is InChI=1S/C19H13BrO5/c1-10-8-16(22)25-18-14(10)6-7-15(17(18)11(2)21)24-19(23)12-4-3-5-13(20)9-12/h3-9H,1-2H3. The first-order chi connectivity index (χ1) is 11.9. The second-order valence-electron chi connectivity index (χ2n) is 5.52. The topological polar surface area (TPSA) is 73.6 Å². The van der Waals surface area contributed by atoms with Gasteiger partial charge >= 0.3 is 11.6 Å². The number of hydrogen-bond donors (Lipinski definition) is 0. The predicted octanol–water partition coefficient (Wildman–Crippen LogP) is 4.29. The zero-order valence-electron chi connectivity index (χ0n) is 13.5. The molecule has 25 heavy (non-hydrogen) atoms. The van der Waals surface area contributed by atoms with E-state index in [9.17, 15) is 14.4 Å². The number of aryl methyl sites for hydroxylation is 1. The summed E-state index contributed by atoms with van der Waals surface area (Å²) in [5, 5.41) is 0.618. The van der Waals surface area contributed by atoms with Crippen LogP contribution in [0.4, 0.5) is 0 Å². The maximum absolute atomic E-state index is 12.4. The molecule has 0 aliphatic carbocycles. The van der Waals surface area contributed by atoms with Crippen molar-refractivity contribution in [3.8, 4) is 5.75 Å². The third kappa shape index (κ3) is 3.39. The van der Waals surface area contributed by atoms with E-state index in [4.69, 9.17) is 9.15 Å². The third-order valence-corrected chi connectivity index (χ3v) is 4.19. The fourth-order valence-electron chi connectivity index (χ4n) is 2.56. The van der Waals surface area contributed by atoms with Crippen LogP contribution in [0.15, 0.2) is 56.1 Å². The average Bonchev–Trinajstić information content (AvgIpc) is 2.53. The van der Waals surface area contributed by atoms with Crippen LogP contribution in [0.25, 0.3) is 11.0 Å². The summed E-state index contributed by atoms with van der Waals surface area (Å²) in [6.45, 7) is 3.07. The number of carbonyl (C=O) groups excluding carboxylic acids is 2. The van der Waals surface area contributed by atoms with Gasteiger partial charge in [-0.25, -0.2) is 9.59 Å². The third-order valence-electron chi connectivity index (χ3n) is 3.70. The number of rotatable bonds is 3. The molecule has 0 saturated heterocycles. The minimum atomic E-state index is -0.613. The number of esters is 1.